The van der Waals surface area contributed by atoms with Crippen molar-refractivity contribution in [3.8, 4) is 28.1 Å². The second-order valence-electron chi connectivity index (χ2n) is 7.76. The fraction of sp³-hybridized carbons (Fsp3) is 0.192. The number of carbonyl (C=O) groups excluding carboxylic acids is 1. The molecule has 4 aromatic rings. The van der Waals surface area contributed by atoms with Crippen LogP contribution in [0.25, 0.3) is 22.4 Å². The van der Waals surface area contributed by atoms with E-state index in [1.54, 1.807) is 41.2 Å². The molecule has 0 spiro atoms. The van der Waals surface area contributed by atoms with Crippen molar-refractivity contribution in [3.05, 3.63) is 90.1 Å². The van der Waals surface area contributed by atoms with Crippen LogP contribution >= 0.6 is 11.6 Å². The fourth-order valence-corrected chi connectivity index (χ4v) is 3.84. The SMILES string of the molecule is O=C(NCCCc1cc(-c2cn(CCCl)nc2-c2ccc(F)cc2)ccn1)c1ccccc1O. The molecule has 0 saturated carbocycles. The summed E-state index contributed by atoms with van der Waals surface area (Å²) in [4.78, 5) is 16.7. The Morgan fingerprint density at radius 3 is 2.65 bits per heavy atom. The summed E-state index contributed by atoms with van der Waals surface area (Å²) in [5.41, 5.74) is 4.55. The van der Waals surface area contributed by atoms with Gasteiger partial charge in [-0.15, -0.1) is 11.6 Å². The third-order valence-corrected chi connectivity index (χ3v) is 5.53. The lowest BCUT2D eigenvalue weighted by atomic mass is 10.0. The van der Waals surface area contributed by atoms with E-state index in [2.05, 4.69) is 15.4 Å². The van der Waals surface area contributed by atoms with Gasteiger partial charge in [0.15, 0.2) is 0 Å². The number of aromatic nitrogens is 3. The van der Waals surface area contributed by atoms with Crippen LogP contribution in [0.2, 0.25) is 0 Å². The number of amides is 1. The number of alkyl halides is 1. The first-order chi connectivity index (χ1) is 16.5. The van der Waals surface area contributed by atoms with Crippen LogP contribution in [0, 0.1) is 5.82 Å². The second-order valence-corrected chi connectivity index (χ2v) is 8.14. The van der Waals surface area contributed by atoms with Crippen LogP contribution in [0.4, 0.5) is 4.39 Å². The first-order valence-electron chi connectivity index (χ1n) is 11.0. The zero-order chi connectivity index (χ0) is 23.9. The molecule has 0 aliphatic carbocycles. The van der Waals surface area contributed by atoms with Gasteiger partial charge in [0.25, 0.3) is 5.91 Å². The molecule has 0 radical (unpaired) electrons. The van der Waals surface area contributed by atoms with Gasteiger partial charge in [-0.1, -0.05) is 12.1 Å². The largest absolute Gasteiger partial charge is 0.507 e. The number of carbonyl (C=O) groups is 1. The maximum absolute atomic E-state index is 13.4. The van der Waals surface area contributed by atoms with E-state index in [1.807, 2.05) is 18.3 Å². The third kappa shape index (κ3) is 5.61. The highest BCUT2D eigenvalue weighted by Gasteiger charge is 2.14. The summed E-state index contributed by atoms with van der Waals surface area (Å²) in [5.74, 6) is -0.222. The predicted octanol–water partition coefficient (Wildman–Crippen LogP) is 5.06. The Morgan fingerprint density at radius 1 is 1.09 bits per heavy atom. The highest BCUT2D eigenvalue weighted by atomic mass is 35.5. The number of pyridine rings is 1. The highest BCUT2D eigenvalue weighted by molar-refractivity contribution is 6.17. The molecule has 2 N–H and O–H groups in total. The molecule has 0 aliphatic heterocycles. The Morgan fingerprint density at radius 2 is 1.88 bits per heavy atom. The Balaban J connectivity index is 1.46. The molecule has 0 fully saturated rings. The predicted molar refractivity (Wildman–Crippen MR) is 130 cm³/mol. The van der Waals surface area contributed by atoms with Crippen LogP contribution in [0.1, 0.15) is 22.5 Å². The summed E-state index contributed by atoms with van der Waals surface area (Å²) in [5, 5.41) is 17.3. The molecule has 0 bridgehead atoms. The van der Waals surface area contributed by atoms with E-state index in [-0.39, 0.29) is 23.0 Å². The van der Waals surface area contributed by atoms with Gasteiger partial charge < -0.3 is 10.4 Å². The molecular weight excluding hydrogens is 455 g/mol. The lowest BCUT2D eigenvalue weighted by Crippen LogP contribution is -2.24. The second kappa shape index (κ2) is 10.9. The van der Waals surface area contributed by atoms with Crippen LogP contribution in [0.3, 0.4) is 0 Å². The smallest absolute Gasteiger partial charge is 0.255 e. The molecule has 4 rings (SSSR count). The molecule has 2 heterocycles. The van der Waals surface area contributed by atoms with Gasteiger partial charge in [0, 0.05) is 41.6 Å². The standard InChI is InChI=1S/C26H24ClFN4O2/c27-12-15-32-17-23(25(31-32)18-7-9-20(28)10-8-18)19-11-14-29-21(16-19)4-3-13-30-26(34)22-5-1-2-6-24(22)33/h1-2,5-11,14,16-17,33H,3-4,12-13,15H2,(H,30,34). The maximum atomic E-state index is 13.4. The number of aryl methyl sites for hydroxylation is 2. The van der Waals surface area contributed by atoms with Crippen molar-refractivity contribution in [2.24, 2.45) is 0 Å². The zero-order valence-corrected chi connectivity index (χ0v) is 19.2. The van der Waals surface area contributed by atoms with Gasteiger partial charge in [-0.2, -0.15) is 5.10 Å². The van der Waals surface area contributed by atoms with E-state index < -0.39 is 0 Å². The summed E-state index contributed by atoms with van der Waals surface area (Å²) in [6, 6.07) is 16.6. The van der Waals surface area contributed by atoms with Crippen LogP contribution in [-0.2, 0) is 13.0 Å². The number of para-hydroxylation sites is 1. The molecule has 0 atom stereocenters. The molecule has 34 heavy (non-hydrogen) atoms. The molecule has 2 aromatic heterocycles. The van der Waals surface area contributed by atoms with E-state index in [0.717, 1.165) is 28.1 Å². The first-order valence-corrected chi connectivity index (χ1v) is 11.5. The van der Waals surface area contributed by atoms with Gasteiger partial charge in [0.1, 0.15) is 17.3 Å². The van der Waals surface area contributed by atoms with Crippen molar-refractivity contribution < 1.29 is 14.3 Å². The molecule has 8 heteroatoms. The summed E-state index contributed by atoms with van der Waals surface area (Å²) < 4.78 is 15.2. The van der Waals surface area contributed by atoms with E-state index in [1.165, 1.54) is 18.2 Å². The van der Waals surface area contributed by atoms with E-state index >= 15 is 0 Å². The Hall–Kier alpha value is -3.71. The molecule has 6 nitrogen and oxygen atoms in total. The number of benzene rings is 2. The molecule has 2 aromatic carbocycles. The molecular formula is C26H24ClFN4O2. The Kier molecular flexibility index (Phi) is 7.54. The summed E-state index contributed by atoms with van der Waals surface area (Å²) in [6.45, 7) is 1.01. The number of hydrogen-bond acceptors (Lipinski definition) is 4. The summed E-state index contributed by atoms with van der Waals surface area (Å²) in [6.07, 6.45) is 5.04. The van der Waals surface area contributed by atoms with Crippen LogP contribution < -0.4 is 5.32 Å². The molecule has 0 aliphatic rings. The lowest BCUT2D eigenvalue weighted by molar-refractivity contribution is 0.0950. The minimum atomic E-state index is -0.310. The molecule has 0 saturated heterocycles. The van der Waals surface area contributed by atoms with Crippen molar-refractivity contribution in [1.29, 1.82) is 0 Å². The fourth-order valence-electron chi connectivity index (χ4n) is 3.67. The monoisotopic (exact) mass is 478 g/mol. The van der Waals surface area contributed by atoms with Gasteiger partial charge in [-0.3, -0.25) is 14.5 Å². The quantitative estimate of drug-likeness (QED) is 0.260. The number of phenolic OH excluding ortho intramolecular Hbond substituents is 1. The van der Waals surface area contributed by atoms with E-state index in [4.69, 9.17) is 11.6 Å². The summed E-state index contributed by atoms with van der Waals surface area (Å²) >= 11 is 5.91. The van der Waals surface area contributed by atoms with Crippen molar-refractivity contribution in [3.63, 3.8) is 0 Å². The van der Waals surface area contributed by atoms with Crippen LogP contribution in [0.15, 0.2) is 73.1 Å². The molecule has 0 unspecified atom stereocenters. The minimum Gasteiger partial charge on any atom is -0.507 e. The molecule has 1 amide bonds. The average Bonchev–Trinajstić information content (AvgIpc) is 3.27. The van der Waals surface area contributed by atoms with Gasteiger partial charge >= 0.3 is 0 Å². The molecule has 174 valence electrons. The first kappa shape index (κ1) is 23.4. The number of rotatable bonds is 9. The van der Waals surface area contributed by atoms with Crippen LogP contribution in [-0.4, -0.2) is 38.2 Å². The minimum absolute atomic E-state index is 0.0407. The average molecular weight is 479 g/mol. The third-order valence-electron chi connectivity index (χ3n) is 5.36. The van der Waals surface area contributed by atoms with Gasteiger partial charge in [0.2, 0.25) is 0 Å². The maximum Gasteiger partial charge on any atom is 0.255 e. The number of halogens is 2. The summed E-state index contributed by atoms with van der Waals surface area (Å²) in [7, 11) is 0. The van der Waals surface area contributed by atoms with Crippen molar-refractivity contribution in [2.75, 3.05) is 12.4 Å². The number of nitrogens with zero attached hydrogens (tertiary/aromatic N) is 3. The van der Waals surface area contributed by atoms with Crippen molar-refractivity contribution in [2.45, 2.75) is 19.4 Å². The van der Waals surface area contributed by atoms with Gasteiger partial charge in [-0.25, -0.2) is 4.39 Å². The van der Waals surface area contributed by atoms with Crippen molar-refractivity contribution in [1.82, 2.24) is 20.1 Å². The van der Waals surface area contributed by atoms with E-state index in [0.29, 0.717) is 31.8 Å². The van der Waals surface area contributed by atoms with Gasteiger partial charge in [-0.05, 0) is 66.9 Å². The number of hydrogen-bond donors (Lipinski definition) is 2. The Labute approximate surface area is 202 Å². The van der Waals surface area contributed by atoms with Crippen molar-refractivity contribution >= 4 is 17.5 Å². The topological polar surface area (TPSA) is 80.0 Å². The number of phenols is 1. The lowest BCUT2D eigenvalue weighted by Gasteiger charge is -2.08. The van der Waals surface area contributed by atoms with Gasteiger partial charge in [0.05, 0.1) is 12.1 Å². The van der Waals surface area contributed by atoms with E-state index in [9.17, 15) is 14.3 Å². The van der Waals surface area contributed by atoms with Crippen LogP contribution in [0.5, 0.6) is 5.75 Å². The zero-order valence-electron chi connectivity index (χ0n) is 18.4. The Bertz CT molecular complexity index is 1270. The number of aromatic hydroxyl groups is 1. The highest BCUT2D eigenvalue weighted by Crippen LogP contribution is 2.31. The normalized spacial score (nSPS) is 10.9. The number of nitrogens with one attached hydrogen (secondary N) is 1.